The molecule has 2 aromatic rings. The Hall–Kier alpha value is -3.50. The number of carbonyl (C=O) groups excluding carboxylic acids is 1. The molecule has 1 aromatic heterocycles. The highest BCUT2D eigenvalue weighted by molar-refractivity contribution is 5.64. The van der Waals surface area contributed by atoms with E-state index in [-0.39, 0.29) is 35.8 Å². The zero-order valence-electron chi connectivity index (χ0n) is 15.6. The van der Waals surface area contributed by atoms with Crippen LogP contribution < -0.4 is 9.64 Å². The molecule has 154 valence electrons. The first-order chi connectivity index (χ1) is 14.0. The van der Waals surface area contributed by atoms with Crippen LogP contribution in [0.1, 0.15) is 19.8 Å². The van der Waals surface area contributed by atoms with Gasteiger partial charge in [0, 0.05) is 25.9 Å². The van der Waals surface area contributed by atoms with Crippen molar-refractivity contribution in [3.63, 3.8) is 0 Å². The highest BCUT2D eigenvalue weighted by Crippen LogP contribution is 2.37. The molecule has 1 aromatic carbocycles. The van der Waals surface area contributed by atoms with Crippen LogP contribution in [-0.2, 0) is 9.47 Å². The smallest absolute Gasteiger partial charge is 0.435 e. The van der Waals surface area contributed by atoms with Crippen LogP contribution in [0.25, 0.3) is 0 Å². The number of halogens is 1. The Morgan fingerprint density at radius 3 is 2.59 bits per heavy atom. The molecule has 1 fully saturated rings. The van der Waals surface area contributed by atoms with Crippen LogP contribution in [-0.4, -0.2) is 46.8 Å². The van der Waals surface area contributed by atoms with Crippen molar-refractivity contribution >= 4 is 17.7 Å². The van der Waals surface area contributed by atoms with Crippen molar-refractivity contribution in [1.82, 2.24) is 9.97 Å². The second kappa shape index (κ2) is 9.13. The van der Waals surface area contributed by atoms with E-state index >= 15 is 0 Å². The number of hydrogen-bond acceptors (Lipinski definition) is 9. The molecule has 0 aliphatic carbocycles. The van der Waals surface area contributed by atoms with E-state index in [0.29, 0.717) is 25.9 Å². The number of aromatic nitrogens is 2. The summed E-state index contributed by atoms with van der Waals surface area (Å²) in [7, 11) is 0. The van der Waals surface area contributed by atoms with Crippen LogP contribution in [0.5, 0.6) is 11.6 Å². The molecule has 0 bridgehead atoms. The third kappa shape index (κ3) is 5.06. The minimum Gasteiger partial charge on any atom is -0.435 e. The van der Waals surface area contributed by atoms with Gasteiger partial charge in [0.05, 0.1) is 11.5 Å². The first-order valence-electron chi connectivity index (χ1n) is 8.99. The lowest BCUT2D eigenvalue weighted by molar-refractivity contribution is -0.385. The third-order valence-corrected chi connectivity index (χ3v) is 4.25. The summed E-state index contributed by atoms with van der Waals surface area (Å²) in [6.45, 7) is 2.68. The standard InChI is InChI=1S/C18H19FN4O6/c1-2-27-18(24)29-14-7-9-22(10-8-14)16-15(23(25)26)17(21-11-20-16)28-13-5-3-12(19)4-6-13/h3-6,11,14H,2,7-10H2,1H3. The van der Waals surface area contributed by atoms with Crippen molar-refractivity contribution in [2.24, 2.45) is 0 Å². The van der Waals surface area contributed by atoms with Crippen LogP contribution in [0.2, 0.25) is 0 Å². The molecule has 0 N–H and O–H groups in total. The van der Waals surface area contributed by atoms with Gasteiger partial charge in [-0.2, -0.15) is 4.98 Å². The average molecular weight is 406 g/mol. The molecule has 29 heavy (non-hydrogen) atoms. The number of carbonyl (C=O) groups is 1. The highest BCUT2D eigenvalue weighted by Gasteiger charge is 2.32. The summed E-state index contributed by atoms with van der Waals surface area (Å²) in [5.74, 6) is -0.378. The monoisotopic (exact) mass is 406 g/mol. The van der Waals surface area contributed by atoms with Gasteiger partial charge in [0.25, 0.3) is 0 Å². The van der Waals surface area contributed by atoms with Gasteiger partial charge >= 0.3 is 17.7 Å². The average Bonchev–Trinajstić information content (AvgIpc) is 2.70. The first-order valence-corrected chi connectivity index (χ1v) is 8.99. The predicted octanol–water partition coefficient (Wildman–Crippen LogP) is 3.46. The number of nitro groups is 1. The molecule has 2 heterocycles. The predicted molar refractivity (Wildman–Crippen MR) is 98.5 cm³/mol. The van der Waals surface area contributed by atoms with Crippen molar-refractivity contribution in [1.29, 1.82) is 0 Å². The van der Waals surface area contributed by atoms with Crippen LogP contribution >= 0.6 is 0 Å². The van der Waals surface area contributed by atoms with Gasteiger partial charge in [-0.1, -0.05) is 0 Å². The lowest BCUT2D eigenvalue weighted by Crippen LogP contribution is -2.38. The molecule has 0 unspecified atom stereocenters. The molecular weight excluding hydrogens is 387 g/mol. The summed E-state index contributed by atoms with van der Waals surface area (Å²) in [6, 6.07) is 5.05. The van der Waals surface area contributed by atoms with Gasteiger partial charge in [-0.05, 0) is 31.2 Å². The number of ether oxygens (including phenoxy) is 3. The number of piperidine rings is 1. The van der Waals surface area contributed by atoms with Crippen molar-refractivity contribution in [2.45, 2.75) is 25.9 Å². The SMILES string of the molecule is CCOC(=O)OC1CCN(c2ncnc(Oc3ccc(F)cc3)c2[N+](=O)[O-])CC1. The summed E-state index contributed by atoms with van der Waals surface area (Å²) in [5, 5.41) is 11.7. The zero-order valence-corrected chi connectivity index (χ0v) is 15.6. The van der Waals surface area contributed by atoms with Gasteiger partial charge in [-0.25, -0.2) is 14.2 Å². The number of hydrogen-bond donors (Lipinski definition) is 0. The van der Waals surface area contributed by atoms with Crippen LogP contribution in [0.15, 0.2) is 30.6 Å². The van der Waals surface area contributed by atoms with Gasteiger partial charge in [-0.3, -0.25) is 10.1 Å². The van der Waals surface area contributed by atoms with Crippen LogP contribution in [0.3, 0.4) is 0 Å². The van der Waals surface area contributed by atoms with Crippen molar-refractivity contribution in [3.05, 3.63) is 46.5 Å². The van der Waals surface area contributed by atoms with E-state index in [1.54, 1.807) is 11.8 Å². The molecule has 1 aliphatic rings. The quantitative estimate of drug-likeness (QED) is 0.404. The molecule has 3 rings (SSSR count). The molecule has 0 amide bonds. The molecule has 1 aliphatic heterocycles. The number of benzene rings is 1. The fraction of sp³-hybridized carbons (Fsp3) is 0.389. The minimum absolute atomic E-state index is 0.108. The summed E-state index contributed by atoms with van der Waals surface area (Å²) in [5.41, 5.74) is -0.387. The van der Waals surface area contributed by atoms with E-state index in [1.807, 2.05) is 0 Å². The molecule has 1 saturated heterocycles. The third-order valence-electron chi connectivity index (χ3n) is 4.25. The maximum absolute atomic E-state index is 13.1. The van der Waals surface area contributed by atoms with Gasteiger partial charge in [0.1, 0.15) is 24.0 Å². The van der Waals surface area contributed by atoms with Crippen LogP contribution in [0.4, 0.5) is 20.7 Å². The molecule has 0 saturated carbocycles. The van der Waals surface area contributed by atoms with Gasteiger partial charge < -0.3 is 19.1 Å². The van der Waals surface area contributed by atoms with E-state index in [0.717, 1.165) is 0 Å². The van der Waals surface area contributed by atoms with Crippen molar-refractivity contribution in [3.8, 4) is 11.6 Å². The maximum atomic E-state index is 13.1. The van der Waals surface area contributed by atoms with E-state index < -0.39 is 16.9 Å². The van der Waals surface area contributed by atoms with E-state index in [4.69, 9.17) is 14.2 Å². The summed E-state index contributed by atoms with van der Waals surface area (Å²) in [4.78, 5) is 32.1. The van der Waals surface area contributed by atoms with Gasteiger partial charge in [0.2, 0.25) is 5.82 Å². The summed E-state index contributed by atoms with van der Waals surface area (Å²) in [6.07, 6.45) is 1.04. The van der Waals surface area contributed by atoms with E-state index in [2.05, 4.69) is 9.97 Å². The summed E-state index contributed by atoms with van der Waals surface area (Å²) < 4.78 is 28.5. The molecule has 10 nitrogen and oxygen atoms in total. The van der Waals surface area contributed by atoms with E-state index in [9.17, 15) is 19.3 Å². The molecule has 0 atom stereocenters. The molecular formula is C18H19FN4O6. The lowest BCUT2D eigenvalue weighted by Gasteiger charge is -2.31. The Balaban J connectivity index is 1.75. The first kappa shape index (κ1) is 20.2. The fourth-order valence-corrected chi connectivity index (χ4v) is 2.91. The second-order valence-electron chi connectivity index (χ2n) is 6.15. The largest absolute Gasteiger partial charge is 0.508 e. The van der Waals surface area contributed by atoms with Crippen molar-refractivity contribution < 1.29 is 28.3 Å². The topological polar surface area (TPSA) is 117 Å². The molecule has 0 spiro atoms. The maximum Gasteiger partial charge on any atom is 0.508 e. The molecule has 11 heteroatoms. The highest BCUT2D eigenvalue weighted by atomic mass is 19.1. The Kier molecular flexibility index (Phi) is 6.37. The number of anilines is 1. The normalized spacial score (nSPS) is 14.3. The summed E-state index contributed by atoms with van der Waals surface area (Å²) >= 11 is 0. The van der Waals surface area contributed by atoms with Crippen molar-refractivity contribution in [2.75, 3.05) is 24.6 Å². The van der Waals surface area contributed by atoms with Gasteiger partial charge in [0.15, 0.2) is 0 Å². The van der Waals surface area contributed by atoms with Gasteiger partial charge in [-0.15, -0.1) is 0 Å². The number of nitrogens with zero attached hydrogens (tertiary/aromatic N) is 4. The van der Waals surface area contributed by atoms with Crippen LogP contribution in [0, 0.1) is 15.9 Å². The Morgan fingerprint density at radius 1 is 1.28 bits per heavy atom. The Bertz CT molecular complexity index is 871. The fourth-order valence-electron chi connectivity index (χ4n) is 2.91. The zero-order chi connectivity index (χ0) is 20.8. The second-order valence-corrected chi connectivity index (χ2v) is 6.15. The molecule has 0 radical (unpaired) electrons. The number of rotatable bonds is 6. The Morgan fingerprint density at radius 2 is 1.97 bits per heavy atom. The Labute approximate surface area is 165 Å². The lowest BCUT2D eigenvalue weighted by atomic mass is 10.1. The minimum atomic E-state index is -0.728. The van der Waals surface area contributed by atoms with E-state index in [1.165, 1.54) is 30.6 Å².